The molecule has 2 rings (SSSR count). The molecule has 0 spiro atoms. The van der Waals surface area contributed by atoms with Crippen LogP contribution in [0.15, 0.2) is 21.4 Å². The fourth-order valence-electron chi connectivity index (χ4n) is 1.53. The quantitative estimate of drug-likeness (QED) is 0.842. The van der Waals surface area contributed by atoms with Crippen LogP contribution >= 0.6 is 15.9 Å². The molecular formula is C11H10BrN3O2. The zero-order chi connectivity index (χ0) is 12.6. The van der Waals surface area contributed by atoms with E-state index in [2.05, 4.69) is 30.9 Å². The van der Waals surface area contributed by atoms with Gasteiger partial charge in [0.05, 0.1) is 0 Å². The molecular weight excluding hydrogens is 286 g/mol. The molecule has 0 bridgehead atoms. The highest BCUT2D eigenvalue weighted by atomic mass is 79.9. The van der Waals surface area contributed by atoms with Crippen LogP contribution in [0.4, 0.5) is 0 Å². The molecule has 0 atom stereocenters. The molecule has 88 valence electrons. The van der Waals surface area contributed by atoms with Crippen molar-refractivity contribution in [3.63, 3.8) is 0 Å². The lowest BCUT2D eigenvalue weighted by Gasteiger charge is -2.04. The number of rotatable bonds is 1. The Morgan fingerprint density at radius 2 is 2.00 bits per heavy atom. The molecule has 17 heavy (non-hydrogen) atoms. The minimum Gasteiger partial charge on any atom is -0.492 e. The second-order valence-electron chi connectivity index (χ2n) is 3.72. The molecule has 0 aliphatic heterocycles. The zero-order valence-corrected chi connectivity index (χ0v) is 10.9. The summed E-state index contributed by atoms with van der Waals surface area (Å²) in [4.78, 5) is 22.2. The second kappa shape index (κ2) is 4.29. The topological polar surface area (TPSA) is 78.9 Å². The molecule has 2 aromatic heterocycles. The van der Waals surface area contributed by atoms with Crippen molar-refractivity contribution in [2.75, 3.05) is 0 Å². The highest BCUT2D eigenvalue weighted by molar-refractivity contribution is 9.10. The maximum Gasteiger partial charge on any atom is 0.269 e. The van der Waals surface area contributed by atoms with Gasteiger partial charge in [-0.3, -0.25) is 4.79 Å². The molecule has 0 fully saturated rings. The third-order valence-corrected chi connectivity index (χ3v) is 2.90. The summed E-state index contributed by atoms with van der Waals surface area (Å²) in [5.41, 5.74) is 1.93. The molecule has 2 aromatic rings. The van der Waals surface area contributed by atoms with E-state index in [0.29, 0.717) is 5.69 Å². The molecule has 0 radical (unpaired) electrons. The average molecular weight is 296 g/mol. The van der Waals surface area contributed by atoms with E-state index >= 15 is 0 Å². The second-order valence-corrected chi connectivity index (χ2v) is 4.52. The Morgan fingerprint density at radius 3 is 2.59 bits per heavy atom. The minimum atomic E-state index is -0.437. The van der Waals surface area contributed by atoms with Gasteiger partial charge < -0.3 is 10.1 Å². The van der Waals surface area contributed by atoms with Crippen LogP contribution in [0.3, 0.4) is 0 Å². The minimum absolute atomic E-state index is 0.0191. The SMILES string of the molecule is Cc1cc(C)nc(-c2nc(O)c(Br)c(=O)[nH]2)c1. The molecule has 0 aromatic carbocycles. The highest BCUT2D eigenvalue weighted by Gasteiger charge is 2.10. The number of hydrogen-bond donors (Lipinski definition) is 2. The van der Waals surface area contributed by atoms with E-state index < -0.39 is 5.56 Å². The summed E-state index contributed by atoms with van der Waals surface area (Å²) in [6, 6.07) is 3.71. The summed E-state index contributed by atoms with van der Waals surface area (Å²) in [6.07, 6.45) is 0. The number of hydrogen-bond acceptors (Lipinski definition) is 4. The normalized spacial score (nSPS) is 10.5. The molecule has 2 heterocycles. The summed E-state index contributed by atoms with van der Waals surface area (Å²) < 4.78 is 0.0191. The maximum absolute atomic E-state index is 11.5. The number of aromatic hydroxyl groups is 1. The Bertz CT molecular complexity index is 617. The zero-order valence-electron chi connectivity index (χ0n) is 9.28. The number of aryl methyl sites for hydroxylation is 2. The first-order chi connectivity index (χ1) is 7.97. The van der Waals surface area contributed by atoms with Crippen molar-refractivity contribution in [3.8, 4) is 17.4 Å². The summed E-state index contributed by atoms with van der Waals surface area (Å²) in [7, 11) is 0. The number of H-pyrrole nitrogens is 1. The van der Waals surface area contributed by atoms with Crippen LogP contribution in [-0.2, 0) is 0 Å². The Morgan fingerprint density at radius 1 is 1.29 bits per heavy atom. The van der Waals surface area contributed by atoms with Crippen molar-refractivity contribution < 1.29 is 5.11 Å². The van der Waals surface area contributed by atoms with E-state index in [-0.39, 0.29) is 16.2 Å². The largest absolute Gasteiger partial charge is 0.492 e. The van der Waals surface area contributed by atoms with Crippen molar-refractivity contribution >= 4 is 15.9 Å². The van der Waals surface area contributed by atoms with Crippen molar-refractivity contribution in [2.24, 2.45) is 0 Å². The van der Waals surface area contributed by atoms with Crippen LogP contribution in [-0.4, -0.2) is 20.1 Å². The van der Waals surface area contributed by atoms with Gasteiger partial charge in [-0.05, 0) is 47.5 Å². The molecule has 2 N–H and O–H groups in total. The summed E-state index contributed by atoms with van der Waals surface area (Å²) in [6.45, 7) is 3.78. The Balaban J connectivity index is 2.65. The van der Waals surface area contributed by atoms with E-state index in [1.54, 1.807) is 6.07 Å². The fourth-order valence-corrected chi connectivity index (χ4v) is 1.72. The predicted molar refractivity (Wildman–Crippen MR) is 66.9 cm³/mol. The van der Waals surface area contributed by atoms with E-state index in [9.17, 15) is 9.90 Å². The predicted octanol–water partition coefficient (Wildman–Crippen LogP) is 1.92. The first-order valence-electron chi connectivity index (χ1n) is 4.92. The van der Waals surface area contributed by atoms with E-state index in [1.165, 1.54) is 0 Å². The van der Waals surface area contributed by atoms with Crippen LogP contribution in [0.5, 0.6) is 5.88 Å². The smallest absolute Gasteiger partial charge is 0.269 e. The van der Waals surface area contributed by atoms with Gasteiger partial charge in [0, 0.05) is 5.69 Å². The van der Waals surface area contributed by atoms with Gasteiger partial charge >= 0.3 is 0 Å². The summed E-state index contributed by atoms with van der Waals surface area (Å²) in [5.74, 6) is -0.0905. The van der Waals surface area contributed by atoms with Crippen molar-refractivity contribution in [2.45, 2.75) is 13.8 Å². The van der Waals surface area contributed by atoms with Crippen LogP contribution in [0.25, 0.3) is 11.5 Å². The molecule has 0 aliphatic carbocycles. The van der Waals surface area contributed by atoms with Crippen molar-refractivity contribution in [1.29, 1.82) is 0 Å². The number of aromatic nitrogens is 3. The number of nitrogens with one attached hydrogen (secondary N) is 1. The van der Waals surface area contributed by atoms with Gasteiger partial charge in [-0.15, -0.1) is 0 Å². The van der Waals surface area contributed by atoms with Gasteiger partial charge in [-0.2, -0.15) is 4.98 Å². The maximum atomic E-state index is 11.5. The lowest BCUT2D eigenvalue weighted by atomic mass is 10.2. The molecule has 0 unspecified atom stereocenters. The molecule has 5 nitrogen and oxygen atoms in total. The number of aromatic amines is 1. The van der Waals surface area contributed by atoms with Gasteiger partial charge in [0.25, 0.3) is 5.56 Å². The van der Waals surface area contributed by atoms with Crippen LogP contribution in [0, 0.1) is 13.8 Å². The van der Waals surface area contributed by atoms with Gasteiger partial charge in [-0.1, -0.05) is 0 Å². The molecule has 0 amide bonds. The average Bonchev–Trinajstić information content (AvgIpc) is 2.23. The Kier molecular flexibility index (Phi) is 2.97. The van der Waals surface area contributed by atoms with E-state index in [0.717, 1.165) is 11.3 Å². The molecule has 0 aliphatic rings. The molecule has 6 heteroatoms. The molecule has 0 saturated carbocycles. The first kappa shape index (κ1) is 11.8. The Hall–Kier alpha value is -1.69. The first-order valence-corrected chi connectivity index (χ1v) is 5.71. The van der Waals surface area contributed by atoms with Crippen molar-refractivity contribution in [3.05, 3.63) is 38.2 Å². The van der Waals surface area contributed by atoms with Crippen molar-refractivity contribution in [1.82, 2.24) is 15.0 Å². The van der Waals surface area contributed by atoms with Gasteiger partial charge in [0.2, 0.25) is 5.88 Å². The lowest BCUT2D eigenvalue weighted by Crippen LogP contribution is -2.10. The van der Waals surface area contributed by atoms with Gasteiger partial charge in [0.1, 0.15) is 10.2 Å². The number of nitrogens with zero attached hydrogens (tertiary/aromatic N) is 2. The van der Waals surface area contributed by atoms with Crippen LogP contribution in [0.1, 0.15) is 11.3 Å². The van der Waals surface area contributed by atoms with E-state index in [4.69, 9.17) is 0 Å². The number of pyridine rings is 1. The summed E-state index contributed by atoms with van der Waals surface area (Å²) >= 11 is 2.94. The van der Waals surface area contributed by atoms with Gasteiger partial charge in [-0.25, -0.2) is 4.98 Å². The number of halogens is 1. The Labute approximate surface area is 106 Å². The molecule has 0 saturated heterocycles. The third kappa shape index (κ3) is 2.36. The monoisotopic (exact) mass is 295 g/mol. The van der Waals surface area contributed by atoms with Crippen LogP contribution in [0.2, 0.25) is 0 Å². The fraction of sp³-hybridized carbons (Fsp3) is 0.182. The van der Waals surface area contributed by atoms with E-state index in [1.807, 2.05) is 19.9 Å². The standard InChI is InChI=1S/C11H10BrN3O2/c1-5-3-6(2)13-7(4-5)9-14-10(16)8(12)11(17)15-9/h3-4H,1-2H3,(H2,14,15,16,17). The van der Waals surface area contributed by atoms with Crippen LogP contribution < -0.4 is 5.56 Å². The highest BCUT2D eigenvalue weighted by Crippen LogP contribution is 2.20. The lowest BCUT2D eigenvalue weighted by molar-refractivity contribution is 0.448. The van der Waals surface area contributed by atoms with Gasteiger partial charge in [0.15, 0.2) is 5.82 Å². The third-order valence-electron chi connectivity index (χ3n) is 2.19. The summed E-state index contributed by atoms with van der Waals surface area (Å²) in [5, 5.41) is 9.48.